The average molecular weight is 265 g/mol. The number of nitrogens with two attached hydrogens (primary N) is 1. The Morgan fingerprint density at radius 1 is 1.37 bits per heavy atom. The summed E-state index contributed by atoms with van der Waals surface area (Å²) >= 11 is 0. The molecule has 2 atom stereocenters. The Bertz CT molecular complexity index is 415. The van der Waals surface area contributed by atoms with E-state index in [4.69, 9.17) is 5.73 Å². The van der Waals surface area contributed by atoms with Crippen LogP contribution in [0, 0.1) is 0 Å². The lowest BCUT2D eigenvalue weighted by atomic mass is 9.89. The highest BCUT2D eigenvalue weighted by molar-refractivity contribution is 6.13. The van der Waals surface area contributed by atoms with Crippen LogP contribution in [0.25, 0.3) is 0 Å². The zero-order valence-corrected chi connectivity index (χ0v) is 11.0. The molecule has 0 aromatic rings. The van der Waals surface area contributed by atoms with Crippen LogP contribution >= 0.6 is 0 Å². The van der Waals surface area contributed by atoms with Crippen LogP contribution in [-0.2, 0) is 9.59 Å². The molecular weight excluding hydrogens is 246 g/mol. The molecule has 1 saturated carbocycles. The van der Waals surface area contributed by atoms with Gasteiger partial charge < -0.3 is 10.6 Å². The zero-order valence-electron chi connectivity index (χ0n) is 11.0. The number of rotatable bonds is 3. The lowest BCUT2D eigenvalue weighted by molar-refractivity contribution is -0.140. The summed E-state index contributed by atoms with van der Waals surface area (Å²) in [5.41, 5.74) is 5.36. The summed E-state index contributed by atoms with van der Waals surface area (Å²) < 4.78 is 0. The van der Waals surface area contributed by atoms with Crippen LogP contribution in [0.15, 0.2) is 12.2 Å². The number of amides is 4. The number of carbonyl (C=O) groups excluding carboxylic acids is 3. The number of primary amides is 1. The predicted octanol–water partition coefficient (Wildman–Crippen LogP) is 0.623. The monoisotopic (exact) mass is 265 g/mol. The maximum absolute atomic E-state index is 11.7. The van der Waals surface area contributed by atoms with E-state index in [1.165, 1.54) is 17.1 Å². The van der Waals surface area contributed by atoms with E-state index in [0.717, 1.165) is 19.3 Å². The van der Waals surface area contributed by atoms with Crippen molar-refractivity contribution in [2.75, 3.05) is 6.54 Å². The Labute approximate surface area is 112 Å². The van der Waals surface area contributed by atoms with E-state index in [1.54, 1.807) is 4.90 Å². The minimum atomic E-state index is -0.439. The molecule has 19 heavy (non-hydrogen) atoms. The fraction of sp³-hybridized carbons (Fsp3) is 0.615. The molecule has 2 N–H and O–H groups in total. The Balaban J connectivity index is 2.07. The molecule has 1 aliphatic heterocycles. The summed E-state index contributed by atoms with van der Waals surface area (Å²) in [4.78, 5) is 37.7. The van der Waals surface area contributed by atoms with Crippen molar-refractivity contribution in [3.63, 3.8) is 0 Å². The minimum Gasteiger partial charge on any atom is -0.351 e. The molecule has 4 amide bonds. The molecular formula is C13H19N3O3. The van der Waals surface area contributed by atoms with Crippen LogP contribution in [0.4, 0.5) is 4.79 Å². The molecule has 2 rings (SSSR count). The van der Waals surface area contributed by atoms with Gasteiger partial charge in [-0.2, -0.15) is 0 Å². The number of imide groups is 1. The molecule has 0 aromatic carbocycles. The molecule has 0 aromatic heterocycles. The van der Waals surface area contributed by atoms with Gasteiger partial charge in [-0.3, -0.25) is 14.5 Å². The van der Waals surface area contributed by atoms with Gasteiger partial charge in [0.15, 0.2) is 0 Å². The van der Waals surface area contributed by atoms with Crippen molar-refractivity contribution in [2.45, 2.75) is 44.7 Å². The summed E-state index contributed by atoms with van der Waals surface area (Å²) in [6, 6.07) is -0.546. The number of hydrogen-bond donors (Lipinski definition) is 1. The third-order valence-corrected chi connectivity index (χ3v) is 3.89. The number of urea groups is 1. The summed E-state index contributed by atoms with van der Waals surface area (Å²) in [5, 5.41) is 0. The molecule has 0 spiro atoms. The lowest BCUT2D eigenvalue weighted by Gasteiger charge is -2.38. The van der Waals surface area contributed by atoms with Gasteiger partial charge in [-0.05, 0) is 32.6 Å². The van der Waals surface area contributed by atoms with E-state index in [2.05, 4.69) is 0 Å². The van der Waals surface area contributed by atoms with Crippen LogP contribution < -0.4 is 5.73 Å². The van der Waals surface area contributed by atoms with Gasteiger partial charge in [0.2, 0.25) is 0 Å². The zero-order chi connectivity index (χ0) is 14.0. The van der Waals surface area contributed by atoms with Crippen LogP contribution in [-0.4, -0.2) is 46.3 Å². The smallest absolute Gasteiger partial charge is 0.315 e. The molecule has 1 aliphatic carbocycles. The minimum absolute atomic E-state index is 0.0162. The van der Waals surface area contributed by atoms with Crippen LogP contribution in [0.2, 0.25) is 0 Å². The molecule has 0 saturated heterocycles. The van der Waals surface area contributed by atoms with E-state index in [9.17, 15) is 14.4 Å². The Kier molecular flexibility index (Phi) is 3.87. The highest BCUT2D eigenvalue weighted by Crippen LogP contribution is 2.28. The van der Waals surface area contributed by atoms with E-state index in [1.807, 2.05) is 6.92 Å². The molecule has 1 heterocycles. The van der Waals surface area contributed by atoms with E-state index in [-0.39, 0.29) is 23.9 Å². The second-order valence-electron chi connectivity index (χ2n) is 4.98. The van der Waals surface area contributed by atoms with Crippen molar-refractivity contribution in [1.29, 1.82) is 0 Å². The largest absolute Gasteiger partial charge is 0.351 e. The molecule has 0 bridgehead atoms. The molecule has 2 aliphatic rings. The van der Waals surface area contributed by atoms with Gasteiger partial charge in [-0.15, -0.1) is 0 Å². The second-order valence-corrected chi connectivity index (χ2v) is 4.98. The Morgan fingerprint density at radius 2 is 2.00 bits per heavy atom. The molecule has 104 valence electrons. The first-order valence-electron chi connectivity index (χ1n) is 6.66. The van der Waals surface area contributed by atoms with Gasteiger partial charge in [0.1, 0.15) is 0 Å². The number of carbonyl (C=O) groups is 3. The molecule has 2 unspecified atom stereocenters. The van der Waals surface area contributed by atoms with Crippen LogP contribution in [0.3, 0.4) is 0 Å². The maximum Gasteiger partial charge on any atom is 0.315 e. The standard InChI is InChI=1S/C13H19N3O3/c1-2-15(13(14)19)9-4-3-5-10(8-9)16-11(17)6-7-12(16)18/h6-7,9-10H,2-5,8H2,1H3,(H2,14,19). The summed E-state index contributed by atoms with van der Waals surface area (Å²) in [5.74, 6) is -0.504. The van der Waals surface area contributed by atoms with Crippen molar-refractivity contribution in [1.82, 2.24) is 9.80 Å². The van der Waals surface area contributed by atoms with E-state index < -0.39 is 6.03 Å². The van der Waals surface area contributed by atoms with Gasteiger partial charge in [-0.1, -0.05) is 0 Å². The van der Waals surface area contributed by atoms with Crippen LogP contribution in [0.1, 0.15) is 32.6 Å². The van der Waals surface area contributed by atoms with Crippen molar-refractivity contribution < 1.29 is 14.4 Å². The highest BCUT2D eigenvalue weighted by Gasteiger charge is 2.36. The highest BCUT2D eigenvalue weighted by atomic mass is 16.2. The summed E-state index contributed by atoms with van der Waals surface area (Å²) in [6.45, 7) is 2.43. The van der Waals surface area contributed by atoms with Gasteiger partial charge in [0, 0.05) is 30.8 Å². The SMILES string of the molecule is CCN(C(N)=O)C1CCCC(N2C(=O)C=CC2=O)C1. The normalized spacial score (nSPS) is 26.9. The van der Waals surface area contributed by atoms with Crippen molar-refractivity contribution in [2.24, 2.45) is 5.73 Å². The Morgan fingerprint density at radius 3 is 2.53 bits per heavy atom. The third-order valence-electron chi connectivity index (χ3n) is 3.89. The average Bonchev–Trinajstić information content (AvgIpc) is 2.70. The Hall–Kier alpha value is -1.85. The first kappa shape index (κ1) is 13.6. The fourth-order valence-electron chi connectivity index (χ4n) is 3.02. The quantitative estimate of drug-likeness (QED) is 0.759. The van der Waals surface area contributed by atoms with Crippen molar-refractivity contribution in [3.05, 3.63) is 12.2 Å². The maximum atomic E-state index is 11.7. The third kappa shape index (κ3) is 2.62. The topological polar surface area (TPSA) is 83.7 Å². The van der Waals surface area contributed by atoms with Gasteiger partial charge in [0.25, 0.3) is 11.8 Å². The molecule has 1 fully saturated rings. The fourth-order valence-corrected chi connectivity index (χ4v) is 3.02. The summed E-state index contributed by atoms with van der Waals surface area (Å²) in [6.07, 6.45) is 5.78. The number of nitrogens with zero attached hydrogens (tertiary/aromatic N) is 2. The summed E-state index contributed by atoms with van der Waals surface area (Å²) in [7, 11) is 0. The van der Waals surface area contributed by atoms with Gasteiger partial charge in [0.05, 0.1) is 0 Å². The van der Waals surface area contributed by atoms with Crippen molar-refractivity contribution in [3.8, 4) is 0 Å². The second kappa shape index (κ2) is 5.42. The van der Waals surface area contributed by atoms with Crippen LogP contribution in [0.5, 0.6) is 0 Å². The van der Waals surface area contributed by atoms with Gasteiger partial charge >= 0.3 is 6.03 Å². The molecule has 6 nitrogen and oxygen atoms in total. The van der Waals surface area contributed by atoms with E-state index >= 15 is 0 Å². The first-order valence-corrected chi connectivity index (χ1v) is 6.66. The molecule has 0 radical (unpaired) electrons. The van der Waals surface area contributed by atoms with Crippen molar-refractivity contribution >= 4 is 17.8 Å². The van der Waals surface area contributed by atoms with Gasteiger partial charge in [-0.25, -0.2) is 4.79 Å². The van der Waals surface area contributed by atoms with E-state index in [0.29, 0.717) is 13.0 Å². The lowest BCUT2D eigenvalue weighted by Crippen LogP contribution is -2.50. The predicted molar refractivity (Wildman–Crippen MR) is 69.0 cm³/mol. The molecule has 6 heteroatoms. The number of hydrogen-bond acceptors (Lipinski definition) is 3. The first-order chi connectivity index (χ1) is 9.04.